The molecule has 0 saturated carbocycles. The van der Waals surface area contributed by atoms with E-state index in [1.165, 1.54) is 0 Å². The Hall–Kier alpha value is -3.86. The fraction of sp³-hybridized carbons (Fsp3) is 0.120. The summed E-state index contributed by atoms with van der Waals surface area (Å²) < 4.78 is 0. The summed E-state index contributed by atoms with van der Waals surface area (Å²) in [5.74, 6) is -0.0172. The van der Waals surface area contributed by atoms with Crippen LogP contribution in [0, 0.1) is 0 Å². The molecule has 1 aliphatic rings. The molecule has 0 N–H and O–H groups in total. The predicted molar refractivity (Wildman–Crippen MR) is 117 cm³/mol. The van der Waals surface area contributed by atoms with Crippen molar-refractivity contribution in [3.8, 4) is 0 Å². The average Bonchev–Trinajstić information content (AvgIpc) is 3.26. The van der Waals surface area contributed by atoms with Gasteiger partial charge in [0.05, 0.1) is 29.2 Å². The summed E-state index contributed by atoms with van der Waals surface area (Å²) in [7, 11) is 0. The van der Waals surface area contributed by atoms with Gasteiger partial charge in [-0.2, -0.15) is 5.10 Å². The lowest BCUT2D eigenvalue weighted by atomic mass is 9.97. The van der Waals surface area contributed by atoms with E-state index in [-0.39, 0.29) is 11.9 Å². The van der Waals surface area contributed by atoms with Crippen LogP contribution in [0.5, 0.6) is 0 Å². The monoisotopic (exact) mass is 392 g/mol. The standard InChI is InChI=1S/C25H20N4O/c30-25(15-18-7-3-1-4-8-18)29-24(17-22(28-29)19-9-5-2-6-10-19)20-11-12-21-23(16-20)27-14-13-26-21/h1-14,16,24H,15,17H2/t24-/m1/s1. The third kappa shape index (κ3) is 3.57. The highest BCUT2D eigenvalue weighted by Crippen LogP contribution is 2.34. The molecular formula is C25H20N4O. The largest absolute Gasteiger partial charge is 0.273 e. The fourth-order valence-electron chi connectivity index (χ4n) is 3.84. The minimum absolute atomic E-state index is 0.0172. The molecule has 0 aliphatic carbocycles. The van der Waals surface area contributed by atoms with Crippen molar-refractivity contribution in [2.75, 3.05) is 0 Å². The normalized spacial score (nSPS) is 15.9. The zero-order chi connectivity index (χ0) is 20.3. The van der Waals surface area contributed by atoms with Gasteiger partial charge in [-0.3, -0.25) is 14.8 Å². The smallest absolute Gasteiger partial charge is 0.247 e. The molecule has 0 saturated heterocycles. The van der Waals surface area contributed by atoms with Gasteiger partial charge in [-0.1, -0.05) is 66.7 Å². The van der Waals surface area contributed by atoms with Crippen LogP contribution in [0.25, 0.3) is 11.0 Å². The summed E-state index contributed by atoms with van der Waals surface area (Å²) in [5, 5.41) is 6.40. The first-order valence-electron chi connectivity index (χ1n) is 9.97. The number of amides is 1. The van der Waals surface area contributed by atoms with Gasteiger partial charge in [0.2, 0.25) is 5.91 Å². The Morgan fingerprint density at radius 2 is 1.57 bits per heavy atom. The number of hydrogen-bond donors (Lipinski definition) is 0. The minimum Gasteiger partial charge on any atom is -0.273 e. The lowest BCUT2D eigenvalue weighted by molar-refractivity contribution is -0.132. The van der Waals surface area contributed by atoms with Gasteiger partial charge >= 0.3 is 0 Å². The second kappa shape index (κ2) is 7.87. The predicted octanol–water partition coefficient (Wildman–Crippen LogP) is 4.55. The zero-order valence-corrected chi connectivity index (χ0v) is 16.3. The van der Waals surface area contributed by atoms with Crippen LogP contribution < -0.4 is 0 Å². The topological polar surface area (TPSA) is 58.5 Å². The lowest BCUT2D eigenvalue weighted by Crippen LogP contribution is -2.28. The molecule has 2 heterocycles. The molecule has 146 valence electrons. The summed E-state index contributed by atoms with van der Waals surface area (Å²) in [6.07, 6.45) is 4.35. The van der Waals surface area contributed by atoms with Gasteiger partial charge < -0.3 is 0 Å². The summed E-state index contributed by atoms with van der Waals surface area (Å²) in [6, 6.07) is 25.7. The van der Waals surface area contributed by atoms with E-state index in [0.29, 0.717) is 12.8 Å². The third-order valence-electron chi connectivity index (χ3n) is 5.35. The third-order valence-corrected chi connectivity index (χ3v) is 5.35. The second-order valence-corrected chi connectivity index (χ2v) is 7.34. The lowest BCUT2D eigenvalue weighted by Gasteiger charge is -2.22. The maximum absolute atomic E-state index is 13.2. The van der Waals surface area contributed by atoms with E-state index < -0.39 is 0 Å². The molecule has 30 heavy (non-hydrogen) atoms. The molecule has 1 aliphatic heterocycles. The molecule has 0 bridgehead atoms. The first-order chi connectivity index (χ1) is 14.8. The molecule has 3 aromatic carbocycles. The van der Waals surface area contributed by atoms with Crippen molar-refractivity contribution >= 4 is 22.7 Å². The van der Waals surface area contributed by atoms with Gasteiger partial charge in [-0.05, 0) is 28.8 Å². The van der Waals surface area contributed by atoms with Crippen molar-refractivity contribution in [2.45, 2.75) is 18.9 Å². The van der Waals surface area contributed by atoms with Crippen LogP contribution in [0.2, 0.25) is 0 Å². The van der Waals surface area contributed by atoms with Gasteiger partial charge in [0, 0.05) is 18.8 Å². The molecule has 0 spiro atoms. The van der Waals surface area contributed by atoms with E-state index in [4.69, 9.17) is 5.10 Å². The van der Waals surface area contributed by atoms with Crippen LogP contribution in [0.1, 0.15) is 29.2 Å². The molecule has 1 amide bonds. The number of hydrazone groups is 1. The van der Waals surface area contributed by atoms with E-state index in [0.717, 1.165) is 33.4 Å². The van der Waals surface area contributed by atoms with E-state index in [1.54, 1.807) is 17.4 Å². The minimum atomic E-state index is -0.164. The Morgan fingerprint density at radius 1 is 0.867 bits per heavy atom. The van der Waals surface area contributed by atoms with Crippen LogP contribution in [0.3, 0.4) is 0 Å². The molecular weight excluding hydrogens is 372 g/mol. The number of fused-ring (bicyclic) bond motifs is 1. The van der Waals surface area contributed by atoms with Gasteiger partial charge in [0.25, 0.3) is 0 Å². The number of nitrogens with zero attached hydrogens (tertiary/aromatic N) is 4. The quantitative estimate of drug-likeness (QED) is 0.512. The van der Waals surface area contributed by atoms with Gasteiger partial charge in [-0.15, -0.1) is 0 Å². The molecule has 1 atom stereocenters. The van der Waals surface area contributed by atoms with Gasteiger partial charge in [-0.25, -0.2) is 5.01 Å². The summed E-state index contributed by atoms with van der Waals surface area (Å²) in [5.41, 5.74) is 5.61. The Labute approximate surface area is 174 Å². The Morgan fingerprint density at radius 3 is 2.33 bits per heavy atom. The highest BCUT2D eigenvalue weighted by atomic mass is 16.2. The maximum atomic E-state index is 13.2. The summed E-state index contributed by atoms with van der Waals surface area (Å²) >= 11 is 0. The number of rotatable bonds is 4. The first-order valence-corrected chi connectivity index (χ1v) is 9.97. The van der Waals surface area contributed by atoms with E-state index in [9.17, 15) is 4.79 Å². The molecule has 5 nitrogen and oxygen atoms in total. The van der Waals surface area contributed by atoms with Crippen LogP contribution in [-0.4, -0.2) is 26.6 Å². The molecule has 1 aromatic heterocycles. The average molecular weight is 392 g/mol. The Bertz CT molecular complexity index is 1220. The molecule has 0 fully saturated rings. The fourth-order valence-corrected chi connectivity index (χ4v) is 3.84. The Kier molecular flexibility index (Phi) is 4.77. The van der Waals surface area contributed by atoms with Crippen LogP contribution in [0.15, 0.2) is 96.4 Å². The number of benzene rings is 3. The second-order valence-electron chi connectivity index (χ2n) is 7.34. The molecule has 5 rings (SSSR count). The van der Waals surface area contributed by atoms with Crippen LogP contribution in [-0.2, 0) is 11.2 Å². The summed E-state index contributed by atoms with van der Waals surface area (Å²) in [6.45, 7) is 0. The highest BCUT2D eigenvalue weighted by Gasteiger charge is 2.33. The first kappa shape index (κ1) is 18.2. The van der Waals surface area contributed by atoms with Crippen molar-refractivity contribution in [2.24, 2.45) is 5.10 Å². The van der Waals surface area contributed by atoms with Crippen molar-refractivity contribution in [1.82, 2.24) is 15.0 Å². The van der Waals surface area contributed by atoms with Crippen molar-refractivity contribution in [3.63, 3.8) is 0 Å². The summed E-state index contributed by atoms with van der Waals surface area (Å²) in [4.78, 5) is 22.0. The SMILES string of the molecule is O=C(Cc1ccccc1)N1N=C(c2ccccc2)C[C@@H]1c1ccc2nccnc2c1. The van der Waals surface area contributed by atoms with Crippen molar-refractivity contribution in [1.29, 1.82) is 0 Å². The Balaban J connectivity index is 1.51. The van der Waals surface area contributed by atoms with Crippen molar-refractivity contribution in [3.05, 3.63) is 108 Å². The molecule has 0 unspecified atom stereocenters. The van der Waals surface area contributed by atoms with Crippen LogP contribution in [0.4, 0.5) is 0 Å². The van der Waals surface area contributed by atoms with E-state index in [2.05, 4.69) is 9.97 Å². The number of carbonyl (C=O) groups is 1. The van der Waals surface area contributed by atoms with Crippen LogP contribution >= 0.6 is 0 Å². The molecule has 5 heteroatoms. The van der Waals surface area contributed by atoms with Gasteiger partial charge in [0.1, 0.15) is 0 Å². The maximum Gasteiger partial charge on any atom is 0.247 e. The van der Waals surface area contributed by atoms with Crippen molar-refractivity contribution < 1.29 is 4.79 Å². The number of carbonyl (C=O) groups excluding carboxylic acids is 1. The van der Waals surface area contributed by atoms with E-state index in [1.807, 2.05) is 78.9 Å². The van der Waals surface area contributed by atoms with Gasteiger partial charge in [0.15, 0.2) is 0 Å². The highest BCUT2D eigenvalue weighted by molar-refractivity contribution is 6.03. The number of hydrogen-bond acceptors (Lipinski definition) is 4. The number of aromatic nitrogens is 2. The molecule has 4 aromatic rings. The molecule has 0 radical (unpaired) electrons. The van der Waals surface area contributed by atoms with E-state index >= 15 is 0 Å². The zero-order valence-electron chi connectivity index (χ0n) is 16.3.